The van der Waals surface area contributed by atoms with Crippen LogP contribution in [0.1, 0.15) is 0 Å². The van der Waals surface area contributed by atoms with Crippen molar-refractivity contribution in [3.8, 4) is 0 Å². The van der Waals surface area contributed by atoms with E-state index in [2.05, 4.69) is 5.32 Å². The van der Waals surface area contributed by atoms with Gasteiger partial charge in [0.25, 0.3) is 5.56 Å². The van der Waals surface area contributed by atoms with E-state index in [-0.39, 0.29) is 23.8 Å². The largest absolute Gasteiger partial charge is 0.398 e. The van der Waals surface area contributed by atoms with Gasteiger partial charge in [0.1, 0.15) is 12.4 Å². The van der Waals surface area contributed by atoms with Crippen LogP contribution in [0.2, 0.25) is 0 Å². The number of hydrogen-bond acceptors (Lipinski definition) is 3. The standard InChI is InChI=1S/C13H12FN3O2/c14-9-1-4-11(5-2-9)16-12(18)8-17-7-10(15)3-6-13(17)19/h1-7H,8,15H2,(H,16,18). The van der Waals surface area contributed by atoms with Crippen molar-refractivity contribution < 1.29 is 9.18 Å². The molecule has 0 saturated heterocycles. The highest BCUT2D eigenvalue weighted by atomic mass is 19.1. The van der Waals surface area contributed by atoms with Gasteiger partial charge in [-0.15, -0.1) is 0 Å². The molecular weight excluding hydrogens is 249 g/mol. The van der Waals surface area contributed by atoms with E-state index in [0.29, 0.717) is 11.4 Å². The van der Waals surface area contributed by atoms with Crippen LogP contribution in [-0.4, -0.2) is 10.5 Å². The summed E-state index contributed by atoms with van der Waals surface area (Å²) in [5, 5.41) is 2.56. The van der Waals surface area contributed by atoms with Crippen LogP contribution in [0, 0.1) is 5.82 Å². The molecule has 1 aromatic carbocycles. The third kappa shape index (κ3) is 3.41. The maximum Gasteiger partial charge on any atom is 0.251 e. The quantitative estimate of drug-likeness (QED) is 0.871. The smallest absolute Gasteiger partial charge is 0.251 e. The van der Waals surface area contributed by atoms with E-state index in [1.807, 2.05) is 0 Å². The summed E-state index contributed by atoms with van der Waals surface area (Å²) in [5.41, 5.74) is 6.08. The molecule has 0 aliphatic carbocycles. The minimum absolute atomic E-state index is 0.152. The minimum Gasteiger partial charge on any atom is -0.398 e. The molecule has 0 radical (unpaired) electrons. The molecule has 0 unspecified atom stereocenters. The third-order valence-electron chi connectivity index (χ3n) is 2.45. The first-order valence-electron chi connectivity index (χ1n) is 5.56. The number of nitrogens with two attached hydrogens (primary N) is 1. The number of nitrogens with one attached hydrogen (secondary N) is 1. The molecule has 0 atom stereocenters. The number of anilines is 2. The summed E-state index contributed by atoms with van der Waals surface area (Å²) in [6, 6.07) is 8.12. The summed E-state index contributed by atoms with van der Waals surface area (Å²) < 4.78 is 13.9. The van der Waals surface area contributed by atoms with E-state index in [1.54, 1.807) is 0 Å². The van der Waals surface area contributed by atoms with Crippen molar-refractivity contribution in [2.24, 2.45) is 0 Å². The molecule has 0 bridgehead atoms. The second kappa shape index (κ2) is 5.34. The highest BCUT2D eigenvalue weighted by molar-refractivity contribution is 5.90. The first-order chi connectivity index (χ1) is 9.04. The number of benzene rings is 1. The second-order valence-electron chi connectivity index (χ2n) is 3.98. The fourth-order valence-corrected chi connectivity index (χ4v) is 1.56. The van der Waals surface area contributed by atoms with Gasteiger partial charge in [0.2, 0.25) is 5.91 Å². The van der Waals surface area contributed by atoms with Gasteiger partial charge in [0, 0.05) is 23.6 Å². The van der Waals surface area contributed by atoms with Crippen molar-refractivity contribution in [1.82, 2.24) is 4.57 Å². The van der Waals surface area contributed by atoms with Gasteiger partial charge < -0.3 is 15.6 Å². The molecular formula is C13H12FN3O2. The van der Waals surface area contributed by atoms with Gasteiger partial charge in [0.15, 0.2) is 0 Å². The van der Waals surface area contributed by atoms with Gasteiger partial charge in [-0.2, -0.15) is 0 Å². The second-order valence-corrected chi connectivity index (χ2v) is 3.98. The summed E-state index contributed by atoms with van der Waals surface area (Å²) in [7, 11) is 0. The van der Waals surface area contributed by atoms with Crippen LogP contribution in [0.3, 0.4) is 0 Å². The number of carbonyl (C=O) groups is 1. The van der Waals surface area contributed by atoms with Gasteiger partial charge in [-0.3, -0.25) is 9.59 Å². The van der Waals surface area contributed by atoms with E-state index >= 15 is 0 Å². The van der Waals surface area contributed by atoms with Crippen molar-refractivity contribution in [3.63, 3.8) is 0 Å². The van der Waals surface area contributed by atoms with Crippen LogP contribution >= 0.6 is 0 Å². The summed E-state index contributed by atoms with van der Waals surface area (Å²) in [6.07, 6.45) is 1.40. The lowest BCUT2D eigenvalue weighted by atomic mass is 10.3. The highest BCUT2D eigenvalue weighted by Crippen LogP contribution is 2.08. The Labute approximate surface area is 108 Å². The fraction of sp³-hybridized carbons (Fsp3) is 0.0769. The number of nitrogen functional groups attached to an aromatic ring is 1. The number of carbonyl (C=O) groups excluding carboxylic acids is 1. The van der Waals surface area contributed by atoms with E-state index in [0.717, 1.165) is 0 Å². The number of aromatic nitrogens is 1. The molecule has 1 heterocycles. The van der Waals surface area contributed by atoms with E-state index in [4.69, 9.17) is 5.73 Å². The number of amides is 1. The van der Waals surface area contributed by atoms with Crippen LogP contribution in [0.4, 0.5) is 15.8 Å². The predicted octanol–water partition coefficient (Wildman–Crippen LogP) is 1.21. The van der Waals surface area contributed by atoms with Gasteiger partial charge in [-0.05, 0) is 30.3 Å². The Bertz CT molecular complexity index is 650. The van der Waals surface area contributed by atoms with Crippen LogP contribution in [-0.2, 0) is 11.3 Å². The van der Waals surface area contributed by atoms with Crippen LogP contribution < -0.4 is 16.6 Å². The molecule has 98 valence electrons. The van der Waals surface area contributed by atoms with Crippen LogP contribution in [0.25, 0.3) is 0 Å². The lowest BCUT2D eigenvalue weighted by molar-refractivity contribution is -0.116. The molecule has 0 fully saturated rings. The molecule has 19 heavy (non-hydrogen) atoms. The van der Waals surface area contributed by atoms with Gasteiger partial charge >= 0.3 is 0 Å². The Morgan fingerprint density at radius 3 is 2.58 bits per heavy atom. The first-order valence-corrected chi connectivity index (χ1v) is 5.56. The number of pyridine rings is 1. The zero-order chi connectivity index (χ0) is 13.8. The van der Waals surface area contributed by atoms with Gasteiger partial charge in [-0.25, -0.2) is 4.39 Å². The molecule has 2 aromatic rings. The van der Waals surface area contributed by atoms with Gasteiger partial charge in [-0.1, -0.05) is 0 Å². The summed E-state index contributed by atoms with van der Waals surface area (Å²) >= 11 is 0. The molecule has 3 N–H and O–H groups in total. The number of rotatable bonds is 3. The average molecular weight is 261 g/mol. The molecule has 0 spiro atoms. The lowest BCUT2D eigenvalue weighted by Crippen LogP contribution is -2.27. The fourth-order valence-electron chi connectivity index (χ4n) is 1.56. The van der Waals surface area contributed by atoms with Crippen molar-refractivity contribution in [3.05, 3.63) is 58.8 Å². The molecule has 0 aliphatic rings. The Hall–Kier alpha value is -2.63. The molecule has 5 nitrogen and oxygen atoms in total. The topological polar surface area (TPSA) is 77.1 Å². The van der Waals surface area contributed by atoms with E-state index in [1.165, 1.54) is 47.2 Å². The van der Waals surface area contributed by atoms with Crippen LogP contribution in [0.5, 0.6) is 0 Å². The molecule has 1 aromatic heterocycles. The molecule has 6 heteroatoms. The van der Waals surface area contributed by atoms with Crippen molar-refractivity contribution >= 4 is 17.3 Å². The molecule has 2 rings (SSSR count). The lowest BCUT2D eigenvalue weighted by Gasteiger charge is -2.07. The number of hydrogen-bond donors (Lipinski definition) is 2. The molecule has 0 aliphatic heterocycles. The maximum atomic E-state index is 12.7. The highest BCUT2D eigenvalue weighted by Gasteiger charge is 2.05. The monoisotopic (exact) mass is 261 g/mol. The number of nitrogens with zero attached hydrogens (tertiary/aromatic N) is 1. The normalized spacial score (nSPS) is 10.2. The zero-order valence-electron chi connectivity index (χ0n) is 9.97. The van der Waals surface area contributed by atoms with Crippen LogP contribution in [0.15, 0.2) is 47.4 Å². The zero-order valence-corrected chi connectivity index (χ0v) is 9.97. The maximum absolute atomic E-state index is 12.7. The molecule has 0 saturated carbocycles. The van der Waals surface area contributed by atoms with Gasteiger partial charge in [0.05, 0.1) is 0 Å². The Morgan fingerprint density at radius 2 is 1.89 bits per heavy atom. The average Bonchev–Trinajstić information content (AvgIpc) is 2.37. The number of halogens is 1. The van der Waals surface area contributed by atoms with Crippen molar-refractivity contribution in [2.75, 3.05) is 11.1 Å². The molecule has 1 amide bonds. The summed E-state index contributed by atoms with van der Waals surface area (Å²) in [5.74, 6) is -0.774. The van der Waals surface area contributed by atoms with E-state index < -0.39 is 0 Å². The Balaban J connectivity index is 2.07. The first kappa shape index (κ1) is 12.8. The predicted molar refractivity (Wildman–Crippen MR) is 70.1 cm³/mol. The summed E-state index contributed by atoms with van der Waals surface area (Å²) in [6.45, 7) is -0.152. The van der Waals surface area contributed by atoms with Crippen molar-refractivity contribution in [2.45, 2.75) is 6.54 Å². The van der Waals surface area contributed by atoms with E-state index in [9.17, 15) is 14.0 Å². The Kier molecular flexibility index (Phi) is 3.61. The third-order valence-corrected chi connectivity index (χ3v) is 2.45. The Morgan fingerprint density at radius 1 is 1.21 bits per heavy atom. The summed E-state index contributed by atoms with van der Waals surface area (Å²) in [4.78, 5) is 23.2. The SMILES string of the molecule is Nc1ccc(=O)n(CC(=O)Nc2ccc(F)cc2)c1. The van der Waals surface area contributed by atoms with Crippen molar-refractivity contribution in [1.29, 1.82) is 0 Å². The minimum atomic E-state index is -0.390.